The molecule has 0 saturated heterocycles. The summed E-state index contributed by atoms with van der Waals surface area (Å²) in [6, 6.07) is 6.20. The van der Waals surface area contributed by atoms with E-state index in [4.69, 9.17) is 9.47 Å². The van der Waals surface area contributed by atoms with Gasteiger partial charge in [-0.05, 0) is 18.6 Å². The van der Waals surface area contributed by atoms with Gasteiger partial charge in [0.25, 0.3) is 18.1 Å². The maximum Gasteiger partial charge on any atom is 0.358 e. The lowest BCUT2D eigenvalue weighted by Gasteiger charge is -2.16. The molecule has 26 heavy (non-hydrogen) atoms. The Balaban J connectivity index is 1.90. The summed E-state index contributed by atoms with van der Waals surface area (Å²) in [6.07, 6.45) is 1.76. The molecule has 2 amide bonds. The summed E-state index contributed by atoms with van der Waals surface area (Å²) < 4.78 is 14.9. The largest absolute Gasteiger partial charge is 0.464 e. The second kappa shape index (κ2) is 6.83. The Morgan fingerprint density at radius 2 is 1.81 bits per heavy atom. The Kier molecular flexibility index (Phi) is 4.57. The smallest absolute Gasteiger partial charge is 0.358 e. The van der Waals surface area contributed by atoms with Gasteiger partial charge in [-0.1, -0.05) is 19.1 Å². The van der Waals surface area contributed by atoms with E-state index < -0.39 is 35.7 Å². The maximum atomic E-state index is 12.5. The molecule has 2 aliphatic heterocycles. The SMILES string of the molecule is CCC1=CC(O/C=C(/C(=O)OC)N2C(=O)c3ccccc3C2=O)OC1=O. The summed E-state index contributed by atoms with van der Waals surface area (Å²) >= 11 is 0. The van der Waals surface area contributed by atoms with Crippen LogP contribution in [0.4, 0.5) is 0 Å². The topological polar surface area (TPSA) is 99.2 Å². The van der Waals surface area contributed by atoms with E-state index in [2.05, 4.69) is 4.74 Å². The number of cyclic esters (lactones) is 1. The third-order valence-corrected chi connectivity index (χ3v) is 3.95. The molecule has 8 heteroatoms. The Bertz CT molecular complexity index is 833. The lowest BCUT2D eigenvalue weighted by molar-refractivity contribution is -0.152. The minimum atomic E-state index is -1.05. The number of nitrogens with zero attached hydrogens (tertiary/aromatic N) is 1. The average molecular weight is 357 g/mol. The van der Waals surface area contributed by atoms with Crippen LogP contribution in [-0.4, -0.2) is 42.1 Å². The van der Waals surface area contributed by atoms with E-state index in [0.29, 0.717) is 16.9 Å². The molecule has 0 saturated carbocycles. The van der Waals surface area contributed by atoms with Gasteiger partial charge in [0.05, 0.1) is 18.2 Å². The van der Waals surface area contributed by atoms with Crippen LogP contribution in [0.1, 0.15) is 34.1 Å². The molecule has 134 valence electrons. The summed E-state index contributed by atoms with van der Waals surface area (Å²) in [5.74, 6) is -2.80. The van der Waals surface area contributed by atoms with E-state index in [1.54, 1.807) is 19.1 Å². The number of amides is 2. The monoisotopic (exact) mass is 357 g/mol. The van der Waals surface area contributed by atoms with Gasteiger partial charge in [0.15, 0.2) is 5.70 Å². The van der Waals surface area contributed by atoms with Gasteiger partial charge in [-0.15, -0.1) is 0 Å². The van der Waals surface area contributed by atoms with E-state index in [9.17, 15) is 19.2 Å². The highest BCUT2D eigenvalue weighted by molar-refractivity contribution is 6.24. The third kappa shape index (κ3) is 2.85. The van der Waals surface area contributed by atoms with Crippen LogP contribution in [0.25, 0.3) is 0 Å². The van der Waals surface area contributed by atoms with Crippen molar-refractivity contribution in [1.29, 1.82) is 0 Å². The summed E-state index contributed by atoms with van der Waals surface area (Å²) in [7, 11) is 1.11. The minimum absolute atomic E-state index is 0.174. The van der Waals surface area contributed by atoms with Crippen molar-refractivity contribution in [3.63, 3.8) is 0 Å². The number of carbonyl (C=O) groups excluding carboxylic acids is 4. The lowest BCUT2D eigenvalue weighted by atomic mass is 10.1. The van der Waals surface area contributed by atoms with E-state index in [0.717, 1.165) is 13.4 Å². The molecule has 0 fully saturated rings. The van der Waals surface area contributed by atoms with Crippen LogP contribution in [0.5, 0.6) is 0 Å². The first-order chi connectivity index (χ1) is 12.5. The number of imide groups is 1. The number of fused-ring (bicyclic) bond motifs is 1. The molecular formula is C18H15NO7. The first-order valence-corrected chi connectivity index (χ1v) is 7.81. The van der Waals surface area contributed by atoms with Crippen molar-refractivity contribution < 1.29 is 33.4 Å². The van der Waals surface area contributed by atoms with Crippen molar-refractivity contribution in [1.82, 2.24) is 4.90 Å². The lowest BCUT2D eigenvalue weighted by Crippen LogP contribution is -2.34. The molecule has 0 aromatic heterocycles. The van der Waals surface area contributed by atoms with Crippen molar-refractivity contribution in [2.24, 2.45) is 0 Å². The van der Waals surface area contributed by atoms with Crippen molar-refractivity contribution in [2.75, 3.05) is 7.11 Å². The first-order valence-electron chi connectivity index (χ1n) is 7.81. The van der Waals surface area contributed by atoms with Crippen LogP contribution in [0.15, 0.2) is 47.9 Å². The molecule has 0 radical (unpaired) electrons. The normalized spacial score (nSPS) is 19.2. The molecule has 1 unspecified atom stereocenters. The standard InChI is InChI=1S/C18H15NO7/c1-3-10-8-14(26-17(10)22)25-9-13(18(23)24-2)19-15(20)11-6-4-5-7-12(11)16(19)21/h4-9,14H,3H2,1-2H3/b13-9-. The fourth-order valence-corrected chi connectivity index (χ4v) is 2.61. The zero-order valence-electron chi connectivity index (χ0n) is 14.1. The predicted octanol–water partition coefficient (Wildman–Crippen LogP) is 1.53. The number of benzene rings is 1. The number of ether oxygens (including phenoxy) is 3. The van der Waals surface area contributed by atoms with Crippen LogP contribution in [0.3, 0.4) is 0 Å². The van der Waals surface area contributed by atoms with Crippen molar-refractivity contribution in [3.05, 3.63) is 59.0 Å². The predicted molar refractivity (Wildman–Crippen MR) is 86.4 cm³/mol. The van der Waals surface area contributed by atoms with E-state index in [-0.39, 0.29) is 11.1 Å². The maximum absolute atomic E-state index is 12.5. The molecular weight excluding hydrogens is 342 g/mol. The number of rotatable bonds is 5. The Morgan fingerprint density at radius 3 is 2.31 bits per heavy atom. The van der Waals surface area contributed by atoms with E-state index in [1.807, 2.05) is 0 Å². The van der Waals surface area contributed by atoms with Gasteiger partial charge in [-0.3, -0.25) is 9.59 Å². The highest BCUT2D eigenvalue weighted by Crippen LogP contribution is 2.27. The molecule has 3 rings (SSSR count). The van der Waals surface area contributed by atoms with Crippen molar-refractivity contribution >= 4 is 23.8 Å². The number of methoxy groups -OCH3 is 1. The van der Waals surface area contributed by atoms with Gasteiger partial charge < -0.3 is 14.2 Å². The van der Waals surface area contributed by atoms with Gasteiger partial charge in [-0.25, -0.2) is 14.5 Å². The summed E-state index contributed by atoms with van der Waals surface area (Å²) in [5, 5.41) is 0. The van der Waals surface area contributed by atoms with Crippen LogP contribution >= 0.6 is 0 Å². The van der Waals surface area contributed by atoms with Crippen LogP contribution < -0.4 is 0 Å². The summed E-state index contributed by atoms with van der Waals surface area (Å²) in [4.78, 5) is 49.4. The molecule has 8 nitrogen and oxygen atoms in total. The second-order valence-electron chi connectivity index (χ2n) is 5.44. The van der Waals surface area contributed by atoms with Gasteiger partial charge in [0.2, 0.25) is 0 Å². The summed E-state index contributed by atoms with van der Waals surface area (Å²) in [6.45, 7) is 1.78. The third-order valence-electron chi connectivity index (χ3n) is 3.95. The Labute approximate surface area is 148 Å². The van der Waals surface area contributed by atoms with Crippen LogP contribution in [0, 0.1) is 0 Å². The molecule has 0 aliphatic carbocycles. The van der Waals surface area contributed by atoms with Gasteiger partial charge in [0.1, 0.15) is 6.26 Å². The molecule has 2 aliphatic rings. The molecule has 2 heterocycles. The number of hydrogen-bond acceptors (Lipinski definition) is 7. The molecule has 0 N–H and O–H groups in total. The van der Waals surface area contributed by atoms with Crippen LogP contribution in [0.2, 0.25) is 0 Å². The quantitative estimate of drug-likeness (QED) is 0.341. The van der Waals surface area contributed by atoms with Gasteiger partial charge >= 0.3 is 11.9 Å². The fourth-order valence-electron chi connectivity index (χ4n) is 2.61. The Morgan fingerprint density at radius 1 is 1.19 bits per heavy atom. The molecule has 0 spiro atoms. The fraction of sp³-hybridized carbons (Fsp3) is 0.222. The first kappa shape index (κ1) is 17.4. The number of hydrogen-bond donors (Lipinski definition) is 0. The number of carbonyl (C=O) groups is 4. The van der Waals surface area contributed by atoms with Gasteiger partial charge in [-0.2, -0.15) is 0 Å². The zero-order valence-corrected chi connectivity index (χ0v) is 14.1. The van der Waals surface area contributed by atoms with Crippen LogP contribution in [-0.2, 0) is 23.8 Å². The Hall–Kier alpha value is -3.42. The molecule has 1 atom stereocenters. The van der Waals surface area contributed by atoms with Crippen molar-refractivity contribution in [3.8, 4) is 0 Å². The summed E-state index contributed by atoms with van der Waals surface area (Å²) in [5.41, 5.74) is 0.373. The van der Waals surface area contributed by atoms with E-state index in [1.165, 1.54) is 18.2 Å². The zero-order chi connectivity index (χ0) is 18.8. The minimum Gasteiger partial charge on any atom is -0.464 e. The number of esters is 2. The highest BCUT2D eigenvalue weighted by atomic mass is 16.7. The average Bonchev–Trinajstić information content (AvgIpc) is 3.14. The van der Waals surface area contributed by atoms with Gasteiger partial charge in [0, 0.05) is 11.6 Å². The molecule has 0 bridgehead atoms. The molecule has 1 aromatic carbocycles. The second-order valence-corrected chi connectivity index (χ2v) is 5.44. The van der Waals surface area contributed by atoms with Crippen molar-refractivity contribution in [2.45, 2.75) is 19.6 Å². The van der Waals surface area contributed by atoms with E-state index >= 15 is 0 Å². The molecule has 1 aromatic rings. The highest BCUT2D eigenvalue weighted by Gasteiger charge is 2.40.